The minimum atomic E-state index is 0.605. The van der Waals surface area contributed by atoms with Crippen LogP contribution in [0.2, 0.25) is 0 Å². The summed E-state index contributed by atoms with van der Waals surface area (Å²) in [5.74, 6) is 1.41. The van der Waals surface area contributed by atoms with Crippen molar-refractivity contribution in [1.29, 1.82) is 0 Å². The number of rotatable bonds is 0. The maximum Gasteiger partial charge on any atom is 0.0521 e. The Morgan fingerprint density at radius 2 is 1.92 bits per heavy atom. The summed E-state index contributed by atoms with van der Waals surface area (Å²) in [6, 6.07) is 0. The first-order valence-corrected chi connectivity index (χ1v) is 5.13. The molecule has 1 unspecified atom stereocenters. The first-order valence-electron chi connectivity index (χ1n) is 4.26. The third-order valence-electron chi connectivity index (χ3n) is 2.42. The Balaban J connectivity index is 2.32. The molecule has 0 amide bonds. The Bertz CT molecular complexity index is 294. The fourth-order valence-corrected chi connectivity index (χ4v) is 2.74. The van der Waals surface area contributed by atoms with Crippen LogP contribution in [0.5, 0.6) is 0 Å². The molecule has 1 heterocycles. The van der Waals surface area contributed by atoms with Crippen molar-refractivity contribution in [3.05, 3.63) is 40.2 Å². The second-order valence-electron chi connectivity index (χ2n) is 3.47. The molecule has 0 saturated heterocycles. The molecule has 1 aliphatic heterocycles. The molecule has 0 bridgehead atoms. The van der Waals surface area contributed by atoms with Crippen LogP contribution in [0, 0.1) is 5.92 Å². The Morgan fingerprint density at radius 3 is 2.67 bits per heavy atom. The number of thioether (sulfide) groups is 1. The van der Waals surface area contributed by atoms with Gasteiger partial charge in [-0.05, 0) is 30.4 Å². The lowest BCUT2D eigenvalue weighted by molar-refractivity contribution is 1.10. The van der Waals surface area contributed by atoms with Crippen LogP contribution in [0.1, 0.15) is 20.8 Å². The maximum atomic E-state index is 2.36. The average Bonchev–Trinajstić information content (AvgIpc) is 2.30. The minimum absolute atomic E-state index is 0.605. The highest BCUT2D eigenvalue weighted by molar-refractivity contribution is 8.04. The van der Waals surface area contributed by atoms with Crippen molar-refractivity contribution in [3.8, 4) is 0 Å². The van der Waals surface area contributed by atoms with Crippen molar-refractivity contribution in [2.24, 2.45) is 0 Å². The highest BCUT2D eigenvalue weighted by atomic mass is 32.2. The van der Waals surface area contributed by atoms with Crippen LogP contribution in [-0.2, 0) is 0 Å². The van der Waals surface area contributed by atoms with Crippen LogP contribution < -0.4 is 0 Å². The van der Waals surface area contributed by atoms with Gasteiger partial charge in [0.05, 0.1) is 5.25 Å². The third kappa shape index (κ3) is 1.27. The molecule has 0 aromatic heterocycles. The van der Waals surface area contributed by atoms with Crippen LogP contribution in [0.25, 0.3) is 0 Å². The fourth-order valence-electron chi connectivity index (χ4n) is 1.60. The zero-order valence-corrected chi connectivity index (χ0v) is 8.53. The highest BCUT2D eigenvalue weighted by Crippen LogP contribution is 2.41. The van der Waals surface area contributed by atoms with E-state index in [2.05, 4.69) is 39.0 Å². The van der Waals surface area contributed by atoms with Gasteiger partial charge >= 0.3 is 0 Å². The van der Waals surface area contributed by atoms with Gasteiger partial charge in [-0.25, -0.2) is 0 Å². The second-order valence-corrected chi connectivity index (χ2v) is 4.86. The van der Waals surface area contributed by atoms with Crippen LogP contribution in [0.15, 0.2) is 34.3 Å². The van der Waals surface area contributed by atoms with E-state index in [4.69, 9.17) is 0 Å². The largest absolute Gasteiger partial charge is 0.118 e. The fraction of sp³-hybridized carbons (Fsp3) is 0.364. The van der Waals surface area contributed by atoms with Gasteiger partial charge in [-0.1, -0.05) is 24.6 Å². The summed E-state index contributed by atoms with van der Waals surface area (Å²) in [5, 5.41) is 0.605. The van der Waals surface area contributed by atoms with Gasteiger partial charge in [0, 0.05) is 5.92 Å². The first-order chi connectivity index (χ1) is 5.66. The zero-order chi connectivity index (χ0) is 8.72. The van der Waals surface area contributed by atoms with E-state index in [1.165, 1.54) is 22.0 Å². The molecule has 0 saturated carbocycles. The van der Waals surface area contributed by atoms with Crippen molar-refractivity contribution in [2.45, 2.75) is 26.0 Å². The standard InChI is InChI=1S/C11H13S/c1-7-4-10-6-9(3)12-11(10)5-8(7)2/h4-6,11H,1-3H3. The number of allylic oxidation sites excluding steroid dienone is 4. The summed E-state index contributed by atoms with van der Waals surface area (Å²) in [5.41, 5.74) is 2.90. The van der Waals surface area contributed by atoms with Crippen LogP contribution in [0.4, 0.5) is 0 Å². The number of hydrogen-bond donors (Lipinski definition) is 0. The van der Waals surface area contributed by atoms with E-state index < -0.39 is 0 Å². The van der Waals surface area contributed by atoms with E-state index in [1.807, 2.05) is 11.8 Å². The second kappa shape index (κ2) is 2.81. The predicted molar refractivity (Wildman–Crippen MR) is 55.9 cm³/mol. The van der Waals surface area contributed by atoms with Gasteiger partial charge < -0.3 is 0 Å². The van der Waals surface area contributed by atoms with Crippen molar-refractivity contribution < 1.29 is 0 Å². The molecule has 2 rings (SSSR count). The van der Waals surface area contributed by atoms with Gasteiger partial charge in [-0.3, -0.25) is 0 Å². The molecule has 2 aliphatic rings. The van der Waals surface area contributed by atoms with E-state index in [0.717, 1.165) is 0 Å². The molecular weight excluding hydrogens is 164 g/mol. The van der Waals surface area contributed by atoms with Gasteiger partial charge in [-0.2, -0.15) is 0 Å². The monoisotopic (exact) mass is 177 g/mol. The van der Waals surface area contributed by atoms with Gasteiger partial charge in [0.2, 0.25) is 0 Å². The summed E-state index contributed by atoms with van der Waals surface area (Å²) in [6.07, 6.45) is 6.97. The van der Waals surface area contributed by atoms with Crippen LogP contribution >= 0.6 is 11.8 Å². The lowest BCUT2D eigenvalue weighted by Gasteiger charge is -2.18. The minimum Gasteiger partial charge on any atom is -0.118 e. The molecule has 0 spiro atoms. The molecule has 0 N–H and O–H groups in total. The highest BCUT2D eigenvalue weighted by Gasteiger charge is 2.23. The molecule has 63 valence electrons. The van der Waals surface area contributed by atoms with Gasteiger partial charge in [0.25, 0.3) is 0 Å². The van der Waals surface area contributed by atoms with E-state index >= 15 is 0 Å². The molecule has 1 radical (unpaired) electrons. The normalized spacial score (nSPS) is 29.2. The molecule has 12 heavy (non-hydrogen) atoms. The Morgan fingerprint density at radius 1 is 1.17 bits per heavy atom. The third-order valence-corrected chi connectivity index (χ3v) is 3.57. The molecule has 1 atom stereocenters. The van der Waals surface area contributed by atoms with Crippen molar-refractivity contribution in [3.63, 3.8) is 0 Å². The summed E-state index contributed by atoms with van der Waals surface area (Å²) < 4.78 is 0. The van der Waals surface area contributed by atoms with Crippen molar-refractivity contribution >= 4 is 11.8 Å². The van der Waals surface area contributed by atoms with E-state index in [0.29, 0.717) is 5.25 Å². The molecule has 0 nitrogen and oxygen atoms in total. The molecular formula is C11H13S. The molecule has 1 aliphatic carbocycles. The van der Waals surface area contributed by atoms with Crippen molar-refractivity contribution in [1.82, 2.24) is 0 Å². The van der Waals surface area contributed by atoms with Crippen molar-refractivity contribution in [2.75, 3.05) is 0 Å². The van der Waals surface area contributed by atoms with E-state index in [-0.39, 0.29) is 0 Å². The molecule has 1 heteroatoms. The maximum absolute atomic E-state index is 2.36. The summed E-state index contributed by atoms with van der Waals surface area (Å²) in [6.45, 7) is 6.56. The quantitative estimate of drug-likeness (QED) is 0.546. The summed E-state index contributed by atoms with van der Waals surface area (Å²) in [7, 11) is 0. The Labute approximate surface area is 78.4 Å². The molecule has 0 aromatic carbocycles. The topological polar surface area (TPSA) is 0 Å². The van der Waals surface area contributed by atoms with Gasteiger partial charge in [-0.15, -0.1) is 11.8 Å². The lowest BCUT2D eigenvalue weighted by atomic mass is 9.91. The zero-order valence-electron chi connectivity index (χ0n) is 7.72. The predicted octanol–water partition coefficient (Wildman–Crippen LogP) is 3.49. The first kappa shape index (κ1) is 8.18. The van der Waals surface area contributed by atoms with Gasteiger partial charge in [0.15, 0.2) is 0 Å². The average molecular weight is 177 g/mol. The Kier molecular flexibility index (Phi) is 1.91. The summed E-state index contributed by atoms with van der Waals surface area (Å²) >= 11 is 1.96. The number of fused-ring (bicyclic) bond motifs is 1. The number of hydrogen-bond acceptors (Lipinski definition) is 1. The SMILES string of the molecule is C[C]1C=C2C=C(C)SC2C=C1C. The molecule has 0 aromatic rings. The van der Waals surface area contributed by atoms with Crippen LogP contribution in [-0.4, -0.2) is 5.25 Å². The molecule has 0 fully saturated rings. The Hall–Kier alpha value is -0.430. The van der Waals surface area contributed by atoms with Crippen LogP contribution in [0.3, 0.4) is 0 Å². The smallest absolute Gasteiger partial charge is 0.0521 e. The lowest BCUT2D eigenvalue weighted by Crippen LogP contribution is -2.07. The van der Waals surface area contributed by atoms with E-state index in [1.54, 1.807) is 0 Å². The van der Waals surface area contributed by atoms with E-state index in [9.17, 15) is 0 Å². The van der Waals surface area contributed by atoms with Gasteiger partial charge in [0.1, 0.15) is 0 Å². The summed E-state index contributed by atoms with van der Waals surface area (Å²) in [4.78, 5) is 1.44.